The molecule has 0 unspecified atom stereocenters. The average molecular weight is 270 g/mol. The molecule has 0 N–H and O–H groups in total. The molecule has 1 amide bonds. The maximum Gasteiger partial charge on any atom is 0.248 e. The number of carbonyl (C=O) groups excluding carboxylic acids is 1. The highest BCUT2D eigenvalue weighted by Gasteiger charge is 2.41. The van der Waals surface area contributed by atoms with Crippen LogP contribution in [-0.2, 0) is 4.79 Å². The van der Waals surface area contributed by atoms with Crippen LogP contribution in [0.1, 0.15) is 31.7 Å². The van der Waals surface area contributed by atoms with E-state index in [0.717, 1.165) is 0 Å². The molecule has 0 atom stereocenters. The standard InChI is InChI=1S/C12H16F2N4O/c13-12(14)3-1-9(2-4-12)11(19)17-7-10(8-17)18-15-5-6-16-18/h5-6,9-10H,1-4,7-8H2. The van der Waals surface area contributed by atoms with Crippen molar-refractivity contribution in [3.8, 4) is 0 Å². The number of amides is 1. The zero-order chi connectivity index (χ0) is 13.5. The molecule has 0 aromatic carbocycles. The lowest BCUT2D eigenvalue weighted by molar-refractivity contribution is -0.146. The second-order valence-corrected chi connectivity index (χ2v) is 5.38. The smallest absolute Gasteiger partial charge is 0.248 e. The number of rotatable bonds is 2. The average Bonchev–Trinajstić information content (AvgIpc) is 2.80. The molecule has 19 heavy (non-hydrogen) atoms. The van der Waals surface area contributed by atoms with Gasteiger partial charge in [-0.3, -0.25) is 4.79 Å². The Morgan fingerprint density at radius 2 is 1.74 bits per heavy atom. The summed E-state index contributed by atoms with van der Waals surface area (Å²) in [6.07, 6.45) is 3.48. The molecule has 1 saturated carbocycles. The van der Waals surface area contributed by atoms with E-state index in [-0.39, 0.29) is 30.7 Å². The van der Waals surface area contributed by atoms with E-state index in [1.54, 1.807) is 22.1 Å². The van der Waals surface area contributed by atoms with E-state index >= 15 is 0 Å². The van der Waals surface area contributed by atoms with Gasteiger partial charge in [0.25, 0.3) is 0 Å². The van der Waals surface area contributed by atoms with Gasteiger partial charge >= 0.3 is 0 Å². The third kappa shape index (κ3) is 2.46. The first kappa shape index (κ1) is 12.5. The largest absolute Gasteiger partial charge is 0.338 e. The van der Waals surface area contributed by atoms with Gasteiger partial charge in [0, 0.05) is 31.8 Å². The molecule has 2 aliphatic rings. The molecule has 3 rings (SSSR count). The highest BCUT2D eigenvalue weighted by atomic mass is 19.3. The minimum Gasteiger partial charge on any atom is -0.338 e. The fourth-order valence-electron chi connectivity index (χ4n) is 2.74. The number of carbonyl (C=O) groups is 1. The van der Waals surface area contributed by atoms with E-state index in [2.05, 4.69) is 10.2 Å². The SMILES string of the molecule is O=C(C1CCC(F)(F)CC1)N1CC(n2nccn2)C1. The Kier molecular flexibility index (Phi) is 2.99. The van der Waals surface area contributed by atoms with Gasteiger partial charge in [-0.25, -0.2) is 8.78 Å². The number of likely N-dealkylation sites (tertiary alicyclic amines) is 1. The summed E-state index contributed by atoms with van der Waals surface area (Å²) in [5.41, 5.74) is 0. The number of hydrogen-bond donors (Lipinski definition) is 0. The van der Waals surface area contributed by atoms with Crippen LogP contribution >= 0.6 is 0 Å². The van der Waals surface area contributed by atoms with Crippen LogP contribution in [0.5, 0.6) is 0 Å². The van der Waals surface area contributed by atoms with Crippen molar-refractivity contribution in [2.45, 2.75) is 37.6 Å². The number of alkyl halides is 2. The summed E-state index contributed by atoms with van der Waals surface area (Å²) in [6.45, 7) is 1.17. The lowest BCUT2D eigenvalue weighted by atomic mass is 9.85. The summed E-state index contributed by atoms with van der Waals surface area (Å²) >= 11 is 0. The fourth-order valence-corrected chi connectivity index (χ4v) is 2.74. The topological polar surface area (TPSA) is 51.0 Å². The Labute approximate surface area is 109 Å². The Balaban J connectivity index is 1.51. The van der Waals surface area contributed by atoms with Gasteiger partial charge in [0.15, 0.2) is 0 Å². The summed E-state index contributed by atoms with van der Waals surface area (Å²) < 4.78 is 26.1. The van der Waals surface area contributed by atoms with E-state index in [9.17, 15) is 13.6 Å². The summed E-state index contributed by atoms with van der Waals surface area (Å²) in [5.74, 6) is -2.79. The van der Waals surface area contributed by atoms with Crippen LogP contribution in [0.2, 0.25) is 0 Å². The molecule has 104 valence electrons. The van der Waals surface area contributed by atoms with Gasteiger partial charge in [0.2, 0.25) is 11.8 Å². The molecule has 1 aromatic rings. The van der Waals surface area contributed by atoms with Crippen molar-refractivity contribution in [2.24, 2.45) is 5.92 Å². The van der Waals surface area contributed by atoms with Gasteiger partial charge in [-0.15, -0.1) is 0 Å². The van der Waals surface area contributed by atoms with Crippen molar-refractivity contribution in [3.63, 3.8) is 0 Å². The molecule has 2 heterocycles. The highest BCUT2D eigenvalue weighted by Crippen LogP contribution is 2.37. The summed E-state index contributed by atoms with van der Waals surface area (Å²) in [5, 5.41) is 8.06. The van der Waals surface area contributed by atoms with Gasteiger partial charge in [-0.2, -0.15) is 15.0 Å². The van der Waals surface area contributed by atoms with Crippen molar-refractivity contribution in [1.82, 2.24) is 19.9 Å². The highest BCUT2D eigenvalue weighted by molar-refractivity contribution is 5.79. The maximum atomic E-state index is 13.0. The molecule has 5 nitrogen and oxygen atoms in total. The number of nitrogens with zero attached hydrogens (tertiary/aromatic N) is 4. The van der Waals surface area contributed by atoms with Gasteiger partial charge in [-0.1, -0.05) is 0 Å². The van der Waals surface area contributed by atoms with Crippen molar-refractivity contribution in [3.05, 3.63) is 12.4 Å². The molecular weight excluding hydrogens is 254 g/mol. The van der Waals surface area contributed by atoms with Crippen LogP contribution in [0.15, 0.2) is 12.4 Å². The summed E-state index contributed by atoms with van der Waals surface area (Å²) in [4.78, 5) is 15.5. The summed E-state index contributed by atoms with van der Waals surface area (Å²) in [6, 6.07) is 0.129. The molecule has 7 heteroatoms. The molecule has 0 bridgehead atoms. The van der Waals surface area contributed by atoms with Gasteiger partial charge in [-0.05, 0) is 12.8 Å². The van der Waals surface area contributed by atoms with Gasteiger partial charge in [0.05, 0.1) is 12.4 Å². The van der Waals surface area contributed by atoms with Crippen molar-refractivity contribution >= 4 is 5.91 Å². The lowest BCUT2D eigenvalue weighted by Crippen LogP contribution is -2.53. The van der Waals surface area contributed by atoms with Crippen molar-refractivity contribution < 1.29 is 13.6 Å². The van der Waals surface area contributed by atoms with E-state index in [1.807, 2.05) is 0 Å². The summed E-state index contributed by atoms with van der Waals surface area (Å²) in [7, 11) is 0. The van der Waals surface area contributed by atoms with E-state index < -0.39 is 5.92 Å². The predicted octanol–water partition coefficient (Wildman–Crippen LogP) is 1.49. The van der Waals surface area contributed by atoms with Crippen molar-refractivity contribution in [2.75, 3.05) is 13.1 Å². The molecule has 1 aromatic heterocycles. The Morgan fingerprint density at radius 1 is 1.16 bits per heavy atom. The van der Waals surface area contributed by atoms with Gasteiger partial charge in [0.1, 0.15) is 6.04 Å². The normalized spacial score (nSPS) is 24.2. The Morgan fingerprint density at radius 3 is 2.32 bits per heavy atom. The molecule has 1 aliphatic heterocycles. The second kappa shape index (κ2) is 4.54. The minimum atomic E-state index is -2.58. The number of halogens is 2. The third-order valence-corrected chi connectivity index (χ3v) is 4.00. The molecule has 0 spiro atoms. The maximum absolute atomic E-state index is 13.0. The molecular formula is C12H16F2N4O. The number of aromatic nitrogens is 3. The number of hydrogen-bond acceptors (Lipinski definition) is 3. The Bertz CT molecular complexity index is 446. The molecule has 1 aliphatic carbocycles. The van der Waals surface area contributed by atoms with Crippen LogP contribution in [0.25, 0.3) is 0 Å². The van der Waals surface area contributed by atoms with E-state index in [1.165, 1.54) is 0 Å². The predicted molar refractivity (Wildman–Crippen MR) is 62.5 cm³/mol. The first-order valence-corrected chi connectivity index (χ1v) is 6.57. The molecule has 1 saturated heterocycles. The quantitative estimate of drug-likeness (QED) is 0.818. The van der Waals surface area contributed by atoms with Crippen LogP contribution < -0.4 is 0 Å². The second-order valence-electron chi connectivity index (χ2n) is 5.38. The molecule has 0 radical (unpaired) electrons. The first-order valence-electron chi connectivity index (χ1n) is 6.57. The van der Waals surface area contributed by atoms with Crippen LogP contribution in [-0.4, -0.2) is 44.8 Å². The van der Waals surface area contributed by atoms with Gasteiger partial charge < -0.3 is 4.90 Å². The van der Waals surface area contributed by atoms with Crippen molar-refractivity contribution in [1.29, 1.82) is 0 Å². The van der Waals surface area contributed by atoms with Crippen LogP contribution in [0, 0.1) is 5.92 Å². The zero-order valence-electron chi connectivity index (χ0n) is 10.5. The van der Waals surface area contributed by atoms with E-state index in [0.29, 0.717) is 25.9 Å². The molecule has 2 fully saturated rings. The zero-order valence-corrected chi connectivity index (χ0v) is 10.5. The lowest BCUT2D eigenvalue weighted by Gasteiger charge is -2.41. The van der Waals surface area contributed by atoms with Crippen LogP contribution in [0.4, 0.5) is 8.78 Å². The third-order valence-electron chi connectivity index (χ3n) is 4.00. The fraction of sp³-hybridized carbons (Fsp3) is 0.750. The minimum absolute atomic E-state index is 0.0129. The Hall–Kier alpha value is -1.53. The monoisotopic (exact) mass is 270 g/mol. The van der Waals surface area contributed by atoms with Crippen LogP contribution in [0.3, 0.4) is 0 Å². The first-order chi connectivity index (χ1) is 9.05. The van der Waals surface area contributed by atoms with E-state index in [4.69, 9.17) is 0 Å².